The van der Waals surface area contributed by atoms with Crippen molar-refractivity contribution in [3.8, 4) is 0 Å². The molecule has 0 saturated heterocycles. The lowest BCUT2D eigenvalue weighted by molar-refractivity contribution is 0.502. The van der Waals surface area contributed by atoms with Gasteiger partial charge in [-0.05, 0) is 43.6 Å². The van der Waals surface area contributed by atoms with Crippen molar-refractivity contribution >= 4 is 5.71 Å². The lowest BCUT2D eigenvalue weighted by Gasteiger charge is -2.18. The van der Waals surface area contributed by atoms with E-state index in [1.807, 2.05) is 6.20 Å². The second-order valence-electron chi connectivity index (χ2n) is 5.11. The van der Waals surface area contributed by atoms with Crippen LogP contribution in [0.5, 0.6) is 0 Å². The van der Waals surface area contributed by atoms with Crippen molar-refractivity contribution in [3.05, 3.63) is 11.8 Å². The molecule has 1 aliphatic rings. The number of hydrogen-bond donors (Lipinski definition) is 0. The van der Waals surface area contributed by atoms with Crippen molar-refractivity contribution in [1.29, 1.82) is 0 Å². The fraction of sp³-hybridized carbons (Fsp3) is 0.750. The fourth-order valence-electron chi connectivity index (χ4n) is 0.999. The van der Waals surface area contributed by atoms with Gasteiger partial charge in [-0.1, -0.05) is 20.8 Å². The molecule has 1 rings (SSSR count). The van der Waals surface area contributed by atoms with Gasteiger partial charge >= 0.3 is 0 Å². The quantitative estimate of drug-likeness (QED) is 0.572. The summed E-state index contributed by atoms with van der Waals surface area (Å²) in [4.78, 5) is 4.51. The van der Waals surface area contributed by atoms with Crippen LogP contribution in [-0.2, 0) is 0 Å². The zero-order chi connectivity index (χ0) is 10.1. The van der Waals surface area contributed by atoms with Crippen LogP contribution in [0.4, 0.5) is 0 Å². The highest BCUT2D eigenvalue weighted by atomic mass is 14.7. The van der Waals surface area contributed by atoms with Crippen molar-refractivity contribution in [1.82, 2.24) is 0 Å². The summed E-state index contributed by atoms with van der Waals surface area (Å²) in [7, 11) is 0. The molecule has 1 fully saturated rings. The van der Waals surface area contributed by atoms with Gasteiger partial charge in [0, 0.05) is 11.9 Å². The van der Waals surface area contributed by atoms with Crippen molar-refractivity contribution in [3.63, 3.8) is 0 Å². The molecule has 0 aromatic rings. The monoisotopic (exact) mass is 179 g/mol. The summed E-state index contributed by atoms with van der Waals surface area (Å²) >= 11 is 0. The third kappa shape index (κ3) is 3.33. The van der Waals surface area contributed by atoms with Crippen LogP contribution in [0.3, 0.4) is 0 Å². The van der Waals surface area contributed by atoms with Crippen LogP contribution in [0.15, 0.2) is 16.8 Å². The first-order valence-corrected chi connectivity index (χ1v) is 5.13. The molecule has 1 aliphatic carbocycles. The molecule has 0 heterocycles. The summed E-state index contributed by atoms with van der Waals surface area (Å²) in [5.74, 6) is 0.795. The van der Waals surface area contributed by atoms with E-state index in [1.165, 1.54) is 24.1 Å². The second kappa shape index (κ2) is 3.65. The van der Waals surface area contributed by atoms with Crippen LogP contribution in [0.25, 0.3) is 0 Å². The number of nitrogens with zero attached hydrogens (tertiary/aromatic N) is 1. The van der Waals surface area contributed by atoms with Crippen LogP contribution in [0.1, 0.15) is 47.5 Å². The number of aliphatic imine (C=N–C) groups is 1. The Bertz CT molecular complexity index is 236. The Morgan fingerprint density at radius 1 is 1.23 bits per heavy atom. The SMILES string of the molecule is C/C(=C\N=C(/C)C1CC1)C(C)(C)C. The molecule has 0 N–H and O–H groups in total. The molecule has 0 atom stereocenters. The van der Waals surface area contributed by atoms with E-state index in [2.05, 4.69) is 39.6 Å². The Morgan fingerprint density at radius 2 is 1.77 bits per heavy atom. The molecule has 0 radical (unpaired) electrons. The average Bonchev–Trinajstić information content (AvgIpc) is 2.79. The minimum absolute atomic E-state index is 0.257. The minimum Gasteiger partial charge on any atom is -0.266 e. The average molecular weight is 179 g/mol. The van der Waals surface area contributed by atoms with Gasteiger partial charge in [0.05, 0.1) is 0 Å². The molecule has 0 aliphatic heterocycles. The third-order valence-electron chi connectivity index (χ3n) is 2.81. The predicted octanol–water partition coefficient (Wildman–Crippen LogP) is 3.81. The van der Waals surface area contributed by atoms with E-state index in [9.17, 15) is 0 Å². The van der Waals surface area contributed by atoms with Crippen molar-refractivity contribution in [2.45, 2.75) is 47.5 Å². The highest BCUT2D eigenvalue weighted by Crippen LogP contribution is 2.31. The van der Waals surface area contributed by atoms with Crippen LogP contribution in [-0.4, -0.2) is 5.71 Å². The van der Waals surface area contributed by atoms with E-state index in [1.54, 1.807) is 0 Å². The van der Waals surface area contributed by atoms with Gasteiger partial charge in [0.15, 0.2) is 0 Å². The Balaban J connectivity index is 2.60. The van der Waals surface area contributed by atoms with E-state index >= 15 is 0 Å². The summed E-state index contributed by atoms with van der Waals surface area (Å²) in [5, 5.41) is 0. The Hall–Kier alpha value is -0.590. The lowest BCUT2D eigenvalue weighted by atomic mass is 9.88. The first kappa shape index (κ1) is 10.5. The molecule has 1 nitrogen and oxygen atoms in total. The molecule has 0 spiro atoms. The van der Waals surface area contributed by atoms with Gasteiger partial charge in [0.1, 0.15) is 0 Å². The predicted molar refractivity (Wildman–Crippen MR) is 59.0 cm³/mol. The minimum atomic E-state index is 0.257. The molecule has 1 heteroatoms. The van der Waals surface area contributed by atoms with E-state index in [0.717, 1.165) is 5.92 Å². The second-order valence-corrected chi connectivity index (χ2v) is 5.11. The van der Waals surface area contributed by atoms with Crippen LogP contribution >= 0.6 is 0 Å². The summed E-state index contributed by atoms with van der Waals surface area (Å²) in [6.07, 6.45) is 4.73. The smallest absolute Gasteiger partial charge is 0.0261 e. The maximum absolute atomic E-state index is 4.51. The van der Waals surface area contributed by atoms with Gasteiger partial charge in [0.25, 0.3) is 0 Å². The molecule has 74 valence electrons. The summed E-state index contributed by atoms with van der Waals surface area (Å²) in [6, 6.07) is 0. The van der Waals surface area contributed by atoms with E-state index in [-0.39, 0.29) is 5.41 Å². The maximum Gasteiger partial charge on any atom is 0.0261 e. The Morgan fingerprint density at radius 3 is 2.15 bits per heavy atom. The van der Waals surface area contributed by atoms with Crippen LogP contribution < -0.4 is 0 Å². The van der Waals surface area contributed by atoms with Crippen LogP contribution in [0.2, 0.25) is 0 Å². The van der Waals surface area contributed by atoms with E-state index < -0.39 is 0 Å². The van der Waals surface area contributed by atoms with Gasteiger partial charge in [-0.2, -0.15) is 0 Å². The van der Waals surface area contributed by atoms with Gasteiger partial charge in [-0.3, -0.25) is 4.99 Å². The highest BCUT2D eigenvalue weighted by Gasteiger charge is 2.24. The zero-order valence-electron chi connectivity index (χ0n) is 9.52. The van der Waals surface area contributed by atoms with Crippen molar-refractivity contribution in [2.75, 3.05) is 0 Å². The molecule has 0 bridgehead atoms. The summed E-state index contributed by atoms with van der Waals surface area (Å²) in [5.41, 5.74) is 2.92. The van der Waals surface area contributed by atoms with E-state index in [4.69, 9.17) is 0 Å². The number of allylic oxidation sites excluding steroid dienone is 1. The molecule has 0 aromatic carbocycles. The standard InChI is InChI=1S/C12H21N/c1-9(12(3,4)5)8-13-10(2)11-6-7-11/h8,11H,6-7H2,1-5H3/b9-8+,13-10+. The topological polar surface area (TPSA) is 12.4 Å². The molecule has 13 heavy (non-hydrogen) atoms. The van der Waals surface area contributed by atoms with Crippen molar-refractivity contribution < 1.29 is 0 Å². The van der Waals surface area contributed by atoms with Crippen molar-refractivity contribution in [2.24, 2.45) is 16.3 Å². The summed E-state index contributed by atoms with van der Waals surface area (Å²) < 4.78 is 0. The fourth-order valence-corrected chi connectivity index (χ4v) is 0.999. The third-order valence-corrected chi connectivity index (χ3v) is 2.81. The van der Waals surface area contributed by atoms with Crippen LogP contribution in [0, 0.1) is 11.3 Å². The molecular weight excluding hydrogens is 158 g/mol. The summed E-state index contributed by atoms with van der Waals surface area (Å²) in [6.45, 7) is 11.0. The molecule has 1 saturated carbocycles. The molecule has 0 aromatic heterocycles. The molecule has 0 amide bonds. The molecular formula is C12H21N. The Kier molecular flexibility index (Phi) is 2.94. The first-order valence-electron chi connectivity index (χ1n) is 5.13. The van der Waals surface area contributed by atoms with Gasteiger partial charge in [-0.15, -0.1) is 0 Å². The van der Waals surface area contributed by atoms with Gasteiger partial charge in [0.2, 0.25) is 0 Å². The van der Waals surface area contributed by atoms with Gasteiger partial charge < -0.3 is 0 Å². The lowest BCUT2D eigenvalue weighted by Crippen LogP contribution is -2.06. The Labute approximate surface area is 82.0 Å². The zero-order valence-corrected chi connectivity index (χ0v) is 9.52. The first-order chi connectivity index (χ1) is 5.91. The molecule has 0 unspecified atom stereocenters. The maximum atomic E-state index is 4.51. The highest BCUT2D eigenvalue weighted by molar-refractivity contribution is 5.86. The largest absolute Gasteiger partial charge is 0.266 e. The van der Waals surface area contributed by atoms with Gasteiger partial charge in [-0.25, -0.2) is 0 Å². The number of rotatable bonds is 2. The number of hydrogen-bond acceptors (Lipinski definition) is 1. The van der Waals surface area contributed by atoms with E-state index in [0.29, 0.717) is 0 Å². The normalized spacial score (nSPS) is 20.7.